The van der Waals surface area contributed by atoms with E-state index in [0.29, 0.717) is 11.5 Å². The standard InChI is InChI=1S/C15H29N3O.HI/c1-4-15(3)8-9-18(12-15)14(16-5-2)17-11-13-7-6-10-19-13;/h13H,4-12H2,1-3H3,(H,16,17);1H. The molecular formula is C15H30IN3O. The highest BCUT2D eigenvalue weighted by Gasteiger charge is 2.33. The van der Waals surface area contributed by atoms with Crippen molar-refractivity contribution in [3.8, 4) is 0 Å². The second-order valence-electron chi connectivity index (χ2n) is 6.17. The van der Waals surface area contributed by atoms with Gasteiger partial charge in [-0.05, 0) is 38.0 Å². The van der Waals surface area contributed by atoms with E-state index in [4.69, 9.17) is 9.73 Å². The topological polar surface area (TPSA) is 36.9 Å². The Morgan fingerprint density at radius 2 is 2.25 bits per heavy atom. The first-order chi connectivity index (χ1) is 9.17. The van der Waals surface area contributed by atoms with Crippen LogP contribution in [-0.4, -0.2) is 49.7 Å². The smallest absolute Gasteiger partial charge is 0.194 e. The van der Waals surface area contributed by atoms with Gasteiger partial charge in [0.2, 0.25) is 0 Å². The molecule has 118 valence electrons. The van der Waals surface area contributed by atoms with Gasteiger partial charge >= 0.3 is 0 Å². The van der Waals surface area contributed by atoms with Gasteiger partial charge in [0.15, 0.2) is 5.96 Å². The molecule has 0 aliphatic carbocycles. The van der Waals surface area contributed by atoms with Crippen LogP contribution in [0.25, 0.3) is 0 Å². The molecule has 2 rings (SSSR count). The lowest BCUT2D eigenvalue weighted by atomic mass is 9.87. The summed E-state index contributed by atoms with van der Waals surface area (Å²) in [4.78, 5) is 7.20. The van der Waals surface area contributed by atoms with Crippen LogP contribution in [0.4, 0.5) is 0 Å². The van der Waals surface area contributed by atoms with Crippen molar-refractivity contribution >= 4 is 29.9 Å². The minimum atomic E-state index is 0. The van der Waals surface area contributed by atoms with Crippen LogP contribution in [0.15, 0.2) is 4.99 Å². The number of likely N-dealkylation sites (tertiary alicyclic amines) is 1. The summed E-state index contributed by atoms with van der Waals surface area (Å²) >= 11 is 0. The number of aliphatic imine (C=N–C) groups is 1. The zero-order valence-electron chi connectivity index (χ0n) is 13.2. The van der Waals surface area contributed by atoms with Crippen molar-refractivity contribution in [1.82, 2.24) is 10.2 Å². The number of ether oxygens (including phenoxy) is 1. The second kappa shape index (κ2) is 8.41. The Balaban J connectivity index is 0.00000200. The van der Waals surface area contributed by atoms with Crippen molar-refractivity contribution < 1.29 is 4.74 Å². The van der Waals surface area contributed by atoms with Crippen LogP contribution in [0, 0.1) is 5.41 Å². The first kappa shape index (κ1) is 18.0. The largest absolute Gasteiger partial charge is 0.376 e. The summed E-state index contributed by atoms with van der Waals surface area (Å²) in [5.41, 5.74) is 0.458. The minimum absolute atomic E-state index is 0. The van der Waals surface area contributed by atoms with E-state index in [0.717, 1.165) is 45.2 Å². The molecule has 0 spiro atoms. The molecule has 2 saturated heterocycles. The Hall–Kier alpha value is -0.0400. The quantitative estimate of drug-likeness (QED) is 0.452. The molecule has 0 amide bonds. The summed E-state index contributed by atoms with van der Waals surface area (Å²) in [6.07, 6.45) is 5.21. The molecule has 2 aliphatic rings. The maximum atomic E-state index is 5.65. The molecule has 2 fully saturated rings. The Labute approximate surface area is 140 Å². The van der Waals surface area contributed by atoms with Crippen LogP contribution in [0.1, 0.15) is 46.5 Å². The average Bonchev–Trinajstić information content (AvgIpc) is 3.05. The third-order valence-corrected chi connectivity index (χ3v) is 4.51. The van der Waals surface area contributed by atoms with Gasteiger partial charge < -0.3 is 15.0 Å². The summed E-state index contributed by atoms with van der Waals surface area (Å²) in [7, 11) is 0. The Bertz CT molecular complexity index is 318. The van der Waals surface area contributed by atoms with Gasteiger partial charge in [0.25, 0.3) is 0 Å². The van der Waals surface area contributed by atoms with E-state index in [1.165, 1.54) is 19.3 Å². The summed E-state index contributed by atoms with van der Waals surface area (Å²) in [6, 6.07) is 0. The van der Waals surface area contributed by atoms with Crippen LogP contribution in [-0.2, 0) is 4.74 Å². The van der Waals surface area contributed by atoms with E-state index in [2.05, 4.69) is 31.0 Å². The zero-order valence-corrected chi connectivity index (χ0v) is 15.5. The third kappa shape index (κ3) is 4.76. The number of nitrogens with one attached hydrogen (secondary N) is 1. The van der Waals surface area contributed by atoms with E-state index >= 15 is 0 Å². The van der Waals surface area contributed by atoms with Crippen molar-refractivity contribution in [3.05, 3.63) is 0 Å². The van der Waals surface area contributed by atoms with Crippen molar-refractivity contribution in [2.24, 2.45) is 10.4 Å². The van der Waals surface area contributed by atoms with E-state index < -0.39 is 0 Å². The summed E-state index contributed by atoms with van der Waals surface area (Å²) in [5, 5.41) is 3.43. The molecule has 1 N–H and O–H groups in total. The number of nitrogens with zero attached hydrogens (tertiary/aromatic N) is 2. The van der Waals surface area contributed by atoms with Gasteiger partial charge in [-0.1, -0.05) is 13.8 Å². The number of hydrogen-bond acceptors (Lipinski definition) is 2. The third-order valence-electron chi connectivity index (χ3n) is 4.51. The minimum Gasteiger partial charge on any atom is -0.376 e. The number of guanidine groups is 1. The molecule has 0 saturated carbocycles. The normalized spacial score (nSPS) is 30.4. The van der Waals surface area contributed by atoms with Crippen LogP contribution in [0.3, 0.4) is 0 Å². The van der Waals surface area contributed by atoms with Crippen LogP contribution in [0.2, 0.25) is 0 Å². The first-order valence-electron chi connectivity index (χ1n) is 7.82. The lowest BCUT2D eigenvalue weighted by Gasteiger charge is -2.25. The molecule has 4 nitrogen and oxygen atoms in total. The Morgan fingerprint density at radius 1 is 1.45 bits per heavy atom. The van der Waals surface area contributed by atoms with Gasteiger partial charge in [-0.25, -0.2) is 0 Å². The Morgan fingerprint density at radius 3 is 2.80 bits per heavy atom. The molecule has 0 aromatic rings. The monoisotopic (exact) mass is 395 g/mol. The molecule has 20 heavy (non-hydrogen) atoms. The highest BCUT2D eigenvalue weighted by atomic mass is 127. The fourth-order valence-electron chi connectivity index (χ4n) is 2.90. The molecule has 2 atom stereocenters. The van der Waals surface area contributed by atoms with E-state index in [1.807, 2.05) is 0 Å². The molecule has 5 heteroatoms. The summed E-state index contributed by atoms with van der Waals surface area (Å²) in [6.45, 7) is 11.7. The molecule has 0 aromatic heterocycles. The van der Waals surface area contributed by atoms with E-state index in [-0.39, 0.29) is 24.0 Å². The molecular weight excluding hydrogens is 365 g/mol. The lowest BCUT2D eigenvalue weighted by molar-refractivity contribution is 0.117. The number of hydrogen-bond donors (Lipinski definition) is 1. The molecule has 0 radical (unpaired) electrons. The first-order valence-corrected chi connectivity index (χ1v) is 7.82. The van der Waals surface area contributed by atoms with Crippen LogP contribution in [0.5, 0.6) is 0 Å². The van der Waals surface area contributed by atoms with Gasteiger partial charge in [0.1, 0.15) is 0 Å². The van der Waals surface area contributed by atoms with Crippen molar-refractivity contribution in [3.63, 3.8) is 0 Å². The fraction of sp³-hybridized carbons (Fsp3) is 0.933. The molecule has 2 heterocycles. The van der Waals surface area contributed by atoms with Crippen LogP contribution >= 0.6 is 24.0 Å². The predicted molar refractivity (Wildman–Crippen MR) is 95.0 cm³/mol. The Kier molecular flexibility index (Phi) is 7.58. The van der Waals surface area contributed by atoms with Crippen molar-refractivity contribution in [2.75, 3.05) is 32.8 Å². The fourth-order valence-corrected chi connectivity index (χ4v) is 2.90. The van der Waals surface area contributed by atoms with E-state index in [9.17, 15) is 0 Å². The maximum absolute atomic E-state index is 5.65. The van der Waals surface area contributed by atoms with Gasteiger partial charge in [-0.2, -0.15) is 0 Å². The van der Waals surface area contributed by atoms with Gasteiger partial charge in [-0.15, -0.1) is 24.0 Å². The highest BCUT2D eigenvalue weighted by molar-refractivity contribution is 14.0. The number of halogens is 1. The molecule has 0 bridgehead atoms. The summed E-state index contributed by atoms with van der Waals surface area (Å²) in [5.74, 6) is 1.08. The van der Waals surface area contributed by atoms with E-state index in [1.54, 1.807) is 0 Å². The number of rotatable bonds is 4. The summed E-state index contributed by atoms with van der Waals surface area (Å²) < 4.78 is 5.65. The second-order valence-corrected chi connectivity index (χ2v) is 6.17. The maximum Gasteiger partial charge on any atom is 0.194 e. The molecule has 0 aromatic carbocycles. The predicted octanol–water partition coefficient (Wildman–Crippen LogP) is 2.87. The van der Waals surface area contributed by atoms with Crippen molar-refractivity contribution in [1.29, 1.82) is 0 Å². The van der Waals surface area contributed by atoms with Crippen LogP contribution < -0.4 is 5.32 Å². The SMILES string of the molecule is CCNC(=NCC1CCCO1)N1CCC(C)(CC)C1.I. The average molecular weight is 395 g/mol. The van der Waals surface area contributed by atoms with Gasteiger partial charge in [0, 0.05) is 26.2 Å². The lowest BCUT2D eigenvalue weighted by Crippen LogP contribution is -2.41. The molecule has 2 unspecified atom stereocenters. The zero-order chi connectivity index (χ0) is 13.7. The van der Waals surface area contributed by atoms with Gasteiger partial charge in [-0.3, -0.25) is 4.99 Å². The highest BCUT2D eigenvalue weighted by Crippen LogP contribution is 2.32. The van der Waals surface area contributed by atoms with Crippen molar-refractivity contribution in [2.45, 2.75) is 52.6 Å². The molecule has 2 aliphatic heterocycles. The van der Waals surface area contributed by atoms with Gasteiger partial charge in [0.05, 0.1) is 12.6 Å².